The van der Waals surface area contributed by atoms with Gasteiger partial charge >= 0.3 is 0 Å². The molecule has 0 aromatic heterocycles. The number of nitrogens with zero attached hydrogens (tertiary/aromatic N) is 1. The van der Waals surface area contributed by atoms with E-state index in [0.29, 0.717) is 5.41 Å². The van der Waals surface area contributed by atoms with E-state index in [2.05, 4.69) is 31.1 Å². The van der Waals surface area contributed by atoms with E-state index in [9.17, 15) is 0 Å². The minimum atomic E-state index is 0.379. The first-order valence-corrected chi connectivity index (χ1v) is 6.46. The molecule has 1 N–H and O–H groups in total. The molecular weight excluding hydrogens is 200 g/mol. The van der Waals surface area contributed by atoms with Crippen LogP contribution < -0.4 is 5.32 Å². The van der Waals surface area contributed by atoms with E-state index in [0.717, 1.165) is 25.6 Å². The highest BCUT2D eigenvalue weighted by Gasteiger charge is 2.33. The first-order chi connectivity index (χ1) is 7.58. The molecule has 0 atom stereocenters. The van der Waals surface area contributed by atoms with Gasteiger partial charge in [-0.15, -0.1) is 0 Å². The molecule has 1 fully saturated rings. The minimum Gasteiger partial charge on any atom is -0.384 e. The van der Waals surface area contributed by atoms with Gasteiger partial charge in [-0.05, 0) is 38.9 Å². The summed E-state index contributed by atoms with van der Waals surface area (Å²) < 4.78 is 5.44. The third-order valence-electron chi connectivity index (χ3n) is 3.40. The monoisotopic (exact) mass is 228 g/mol. The van der Waals surface area contributed by atoms with Crippen LogP contribution in [0.1, 0.15) is 26.7 Å². The normalized spacial score (nSPS) is 20.6. The Hall–Kier alpha value is -0.120. The van der Waals surface area contributed by atoms with Gasteiger partial charge in [-0.1, -0.05) is 13.8 Å². The van der Waals surface area contributed by atoms with Crippen molar-refractivity contribution in [3.05, 3.63) is 0 Å². The number of hydrogen-bond donors (Lipinski definition) is 1. The zero-order chi connectivity index (χ0) is 12.0. The van der Waals surface area contributed by atoms with Crippen LogP contribution in [0.5, 0.6) is 0 Å². The molecular formula is C13H28N2O. The lowest BCUT2D eigenvalue weighted by Crippen LogP contribution is -2.47. The highest BCUT2D eigenvalue weighted by Crippen LogP contribution is 2.30. The van der Waals surface area contributed by atoms with Gasteiger partial charge in [-0.25, -0.2) is 0 Å². The Labute approximate surface area is 101 Å². The summed E-state index contributed by atoms with van der Waals surface area (Å²) in [7, 11) is 4.06. The average Bonchev–Trinajstić information content (AvgIpc) is 2.17. The number of ether oxygens (including phenoxy) is 1. The molecule has 16 heavy (non-hydrogen) atoms. The van der Waals surface area contributed by atoms with Crippen molar-refractivity contribution in [2.45, 2.75) is 26.7 Å². The molecule has 0 radical (unpaired) electrons. The van der Waals surface area contributed by atoms with Crippen LogP contribution in [0, 0.1) is 11.3 Å². The minimum absolute atomic E-state index is 0.379. The molecule has 96 valence electrons. The topological polar surface area (TPSA) is 24.5 Å². The first-order valence-electron chi connectivity index (χ1n) is 6.46. The lowest BCUT2D eigenvalue weighted by molar-refractivity contribution is 0.0263. The molecule has 3 heteroatoms. The molecule has 0 aromatic rings. The van der Waals surface area contributed by atoms with E-state index in [4.69, 9.17) is 4.74 Å². The molecule has 1 aliphatic heterocycles. The fourth-order valence-corrected chi connectivity index (χ4v) is 2.87. The molecule has 3 nitrogen and oxygen atoms in total. The van der Waals surface area contributed by atoms with Crippen LogP contribution >= 0.6 is 0 Å². The number of hydrogen-bond acceptors (Lipinski definition) is 3. The number of nitrogens with one attached hydrogen (secondary N) is 1. The zero-order valence-electron chi connectivity index (χ0n) is 11.4. The lowest BCUT2D eigenvalue weighted by atomic mass is 9.79. The van der Waals surface area contributed by atoms with Crippen molar-refractivity contribution in [2.75, 3.05) is 46.9 Å². The molecule has 0 aromatic carbocycles. The maximum Gasteiger partial charge on any atom is 0.0531 e. The fourth-order valence-electron chi connectivity index (χ4n) is 2.87. The largest absolute Gasteiger partial charge is 0.384 e. The molecule has 1 saturated heterocycles. The molecule has 0 unspecified atom stereocenters. The van der Waals surface area contributed by atoms with Gasteiger partial charge in [0.25, 0.3) is 0 Å². The van der Waals surface area contributed by atoms with E-state index in [1.807, 2.05) is 7.11 Å². The average molecular weight is 228 g/mol. The molecule has 1 rings (SSSR count). The van der Waals surface area contributed by atoms with Crippen molar-refractivity contribution in [2.24, 2.45) is 11.3 Å². The van der Waals surface area contributed by atoms with Crippen LogP contribution in [0.2, 0.25) is 0 Å². The van der Waals surface area contributed by atoms with Crippen molar-refractivity contribution in [1.29, 1.82) is 0 Å². The first kappa shape index (κ1) is 13.9. The highest BCUT2D eigenvalue weighted by molar-refractivity contribution is 4.87. The molecule has 0 amide bonds. The molecule has 0 spiro atoms. The van der Waals surface area contributed by atoms with Gasteiger partial charge in [0.2, 0.25) is 0 Å². The van der Waals surface area contributed by atoms with E-state index in [1.54, 1.807) is 0 Å². The van der Waals surface area contributed by atoms with Crippen LogP contribution in [-0.4, -0.2) is 51.8 Å². The Bertz CT molecular complexity index is 183. The Morgan fingerprint density at radius 3 is 2.44 bits per heavy atom. The third kappa shape index (κ3) is 4.40. The SMILES string of the molecule is COCC1(CN(C)CC(C)C)CCNCC1. The van der Waals surface area contributed by atoms with Crippen LogP contribution in [0.25, 0.3) is 0 Å². The van der Waals surface area contributed by atoms with Crippen LogP contribution in [0.3, 0.4) is 0 Å². The maximum absolute atomic E-state index is 5.44. The van der Waals surface area contributed by atoms with Gasteiger partial charge in [-0.2, -0.15) is 0 Å². The van der Waals surface area contributed by atoms with Gasteiger partial charge < -0.3 is 15.0 Å². The molecule has 1 aliphatic rings. The summed E-state index contributed by atoms with van der Waals surface area (Å²) >= 11 is 0. The van der Waals surface area contributed by atoms with Gasteiger partial charge in [0, 0.05) is 25.6 Å². The number of methoxy groups -OCH3 is 1. The fraction of sp³-hybridized carbons (Fsp3) is 1.00. The van der Waals surface area contributed by atoms with Crippen molar-refractivity contribution < 1.29 is 4.74 Å². The third-order valence-corrected chi connectivity index (χ3v) is 3.40. The lowest BCUT2D eigenvalue weighted by Gasteiger charge is -2.40. The Balaban J connectivity index is 2.48. The molecule has 0 saturated carbocycles. The summed E-state index contributed by atoms with van der Waals surface area (Å²) in [6.07, 6.45) is 2.48. The summed E-state index contributed by atoms with van der Waals surface area (Å²) in [5.41, 5.74) is 0.379. The zero-order valence-corrected chi connectivity index (χ0v) is 11.4. The highest BCUT2D eigenvalue weighted by atomic mass is 16.5. The maximum atomic E-state index is 5.44. The predicted molar refractivity (Wildman–Crippen MR) is 68.7 cm³/mol. The van der Waals surface area contributed by atoms with Crippen LogP contribution in [0.15, 0.2) is 0 Å². The summed E-state index contributed by atoms with van der Waals surface area (Å²) in [6.45, 7) is 10.1. The summed E-state index contributed by atoms with van der Waals surface area (Å²) in [5, 5.41) is 3.44. The number of piperidine rings is 1. The van der Waals surface area contributed by atoms with Crippen molar-refractivity contribution in [3.63, 3.8) is 0 Å². The standard InChI is InChI=1S/C13H28N2O/c1-12(2)9-15(3)10-13(11-16-4)5-7-14-8-6-13/h12,14H,5-11H2,1-4H3. The smallest absolute Gasteiger partial charge is 0.0531 e. The molecule has 0 bridgehead atoms. The predicted octanol–water partition coefficient (Wildman–Crippen LogP) is 1.59. The van der Waals surface area contributed by atoms with E-state index in [1.165, 1.54) is 25.9 Å². The summed E-state index contributed by atoms with van der Waals surface area (Å²) in [6, 6.07) is 0. The van der Waals surface area contributed by atoms with Gasteiger partial charge in [0.15, 0.2) is 0 Å². The van der Waals surface area contributed by atoms with Crippen LogP contribution in [-0.2, 0) is 4.74 Å². The second-order valence-electron chi connectivity index (χ2n) is 5.77. The second-order valence-corrected chi connectivity index (χ2v) is 5.77. The molecule has 0 aliphatic carbocycles. The van der Waals surface area contributed by atoms with Crippen molar-refractivity contribution >= 4 is 0 Å². The Morgan fingerprint density at radius 1 is 1.31 bits per heavy atom. The number of rotatable bonds is 6. The van der Waals surface area contributed by atoms with Crippen LogP contribution in [0.4, 0.5) is 0 Å². The van der Waals surface area contributed by atoms with E-state index in [-0.39, 0.29) is 0 Å². The van der Waals surface area contributed by atoms with E-state index < -0.39 is 0 Å². The Morgan fingerprint density at radius 2 is 1.94 bits per heavy atom. The summed E-state index contributed by atoms with van der Waals surface area (Å²) in [5.74, 6) is 0.742. The van der Waals surface area contributed by atoms with Gasteiger partial charge in [0.05, 0.1) is 6.61 Å². The Kier molecular flexibility index (Phi) is 5.73. The quantitative estimate of drug-likeness (QED) is 0.747. The van der Waals surface area contributed by atoms with Crippen molar-refractivity contribution in [3.8, 4) is 0 Å². The van der Waals surface area contributed by atoms with Crippen molar-refractivity contribution in [1.82, 2.24) is 10.2 Å². The van der Waals surface area contributed by atoms with E-state index >= 15 is 0 Å². The summed E-state index contributed by atoms with van der Waals surface area (Å²) in [4.78, 5) is 2.47. The van der Waals surface area contributed by atoms with Gasteiger partial charge in [-0.3, -0.25) is 0 Å². The second kappa shape index (κ2) is 6.58. The molecule has 1 heterocycles. The van der Waals surface area contributed by atoms with Gasteiger partial charge in [0.1, 0.15) is 0 Å².